The van der Waals surface area contributed by atoms with Crippen LogP contribution in [0.1, 0.15) is 38.5 Å². The van der Waals surface area contributed by atoms with Crippen molar-refractivity contribution in [3.63, 3.8) is 0 Å². The lowest BCUT2D eigenvalue weighted by molar-refractivity contribution is -0.138. The smallest absolute Gasteiger partial charge is 0.317 e. The van der Waals surface area contributed by atoms with Crippen LogP contribution in [0.2, 0.25) is 0 Å². The Morgan fingerprint density at radius 1 is 1.27 bits per heavy atom. The standard InChI is InChI=1S/C18H33N3O5/c1-20(14-17(22)23)12-16-13-21(9-11-26-16)18(24)19-8-10-25-15-6-4-2-3-5-7-15/h15-16H,2-14H2,1H3,(H,19,24)(H,22,23). The summed E-state index contributed by atoms with van der Waals surface area (Å²) in [5.74, 6) is -0.869. The van der Waals surface area contributed by atoms with Gasteiger partial charge in [-0.2, -0.15) is 0 Å². The van der Waals surface area contributed by atoms with E-state index in [1.54, 1.807) is 16.8 Å². The third-order valence-corrected chi connectivity index (χ3v) is 4.88. The summed E-state index contributed by atoms with van der Waals surface area (Å²) in [6.07, 6.45) is 7.51. The molecule has 2 fully saturated rings. The molecule has 1 aliphatic carbocycles. The minimum absolute atomic E-state index is 0.0371. The van der Waals surface area contributed by atoms with Gasteiger partial charge in [0.15, 0.2) is 0 Å². The number of urea groups is 1. The van der Waals surface area contributed by atoms with Gasteiger partial charge in [-0.1, -0.05) is 25.7 Å². The second-order valence-electron chi connectivity index (χ2n) is 7.25. The lowest BCUT2D eigenvalue weighted by Gasteiger charge is -2.34. The van der Waals surface area contributed by atoms with E-state index in [0.717, 1.165) is 12.8 Å². The normalized spacial score (nSPS) is 22.2. The predicted molar refractivity (Wildman–Crippen MR) is 97.3 cm³/mol. The molecule has 0 aromatic rings. The van der Waals surface area contributed by atoms with E-state index in [1.807, 2.05) is 0 Å². The number of nitrogens with zero attached hydrogens (tertiary/aromatic N) is 2. The number of carboxylic acid groups (broad SMARTS) is 1. The SMILES string of the molecule is CN(CC(=O)O)CC1CN(C(=O)NCCOC2CCCCCC2)CCO1. The quantitative estimate of drug-likeness (QED) is 0.491. The van der Waals surface area contributed by atoms with Crippen molar-refractivity contribution in [3.8, 4) is 0 Å². The predicted octanol–water partition coefficient (Wildman–Crippen LogP) is 1.15. The molecule has 150 valence electrons. The van der Waals surface area contributed by atoms with Crippen molar-refractivity contribution in [2.24, 2.45) is 0 Å². The van der Waals surface area contributed by atoms with Crippen molar-refractivity contribution in [1.82, 2.24) is 15.1 Å². The molecule has 1 unspecified atom stereocenters. The number of carbonyl (C=O) groups excluding carboxylic acids is 1. The van der Waals surface area contributed by atoms with E-state index in [1.165, 1.54) is 25.7 Å². The van der Waals surface area contributed by atoms with Gasteiger partial charge in [0.05, 0.1) is 32.0 Å². The van der Waals surface area contributed by atoms with E-state index in [9.17, 15) is 9.59 Å². The molecule has 1 atom stereocenters. The van der Waals surface area contributed by atoms with Gasteiger partial charge in [-0.3, -0.25) is 9.69 Å². The van der Waals surface area contributed by atoms with Crippen LogP contribution in [0.15, 0.2) is 0 Å². The van der Waals surface area contributed by atoms with Gasteiger partial charge in [-0.25, -0.2) is 4.79 Å². The first-order chi connectivity index (χ1) is 12.5. The van der Waals surface area contributed by atoms with E-state index in [-0.39, 0.29) is 18.7 Å². The van der Waals surface area contributed by atoms with Crippen LogP contribution in [0, 0.1) is 0 Å². The maximum Gasteiger partial charge on any atom is 0.317 e. The number of hydrogen-bond acceptors (Lipinski definition) is 5. The van der Waals surface area contributed by atoms with Crippen molar-refractivity contribution >= 4 is 12.0 Å². The molecule has 0 radical (unpaired) electrons. The Kier molecular flexibility index (Phi) is 9.14. The van der Waals surface area contributed by atoms with Crippen LogP contribution in [-0.2, 0) is 14.3 Å². The van der Waals surface area contributed by atoms with Crippen molar-refractivity contribution in [2.45, 2.75) is 50.7 Å². The molecule has 1 heterocycles. The molecule has 8 heteroatoms. The highest BCUT2D eigenvalue weighted by atomic mass is 16.5. The molecule has 2 amide bonds. The summed E-state index contributed by atoms with van der Waals surface area (Å²) in [6, 6.07) is -0.108. The summed E-state index contributed by atoms with van der Waals surface area (Å²) in [7, 11) is 1.74. The average Bonchev–Trinajstić information content (AvgIpc) is 2.86. The number of carbonyl (C=O) groups is 2. The molecule has 1 saturated carbocycles. The van der Waals surface area contributed by atoms with Crippen molar-refractivity contribution in [2.75, 3.05) is 53.0 Å². The third-order valence-electron chi connectivity index (χ3n) is 4.88. The first kappa shape index (κ1) is 20.9. The van der Waals surface area contributed by atoms with E-state index < -0.39 is 5.97 Å². The summed E-state index contributed by atoms with van der Waals surface area (Å²) in [4.78, 5) is 26.5. The molecule has 2 aliphatic rings. The van der Waals surface area contributed by atoms with Crippen molar-refractivity contribution < 1.29 is 24.2 Å². The number of amides is 2. The number of hydrogen-bond donors (Lipinski definition) is 2. The number of likely N-dealkylation sites (N-methyl/N-ethyl adjacent to an activating group) is 1. The van der Waals surface area contributed by atoms with Gasteiger partial charge in [0.1, 0.15) is 0 Å². The zero-order chi connectivity index (χ0) is 18.8. The summed E-state index contributed by atoms with van der Waals surface area (Å²) in [6.45, 7) is 3.00. The molecule has 2 rings (SSSR count). The Labute approximate surface area is 155 Å². The topological polar surface area (TPSA) is 91.3 Å². The number of carboxylic acids is 1. The Bertz CT molecular complexity index is 441. The number of ether oxygens (including phenoxy) is 2. The molecular formula is C18H33N3O5. The van der Waals surface area contributed by atoms with Crippen LogP contribution in [0.3, 0.4) is 0 Å². The molecule has 0 aromatic heterocycles. The fourth-order valence-electron chi connectivity index (χ4n) is 3.56. The van der Waals surface area contributed by atoms with Gasteiger partial charge >= 0.3 is 12.0 Å². The van der Waals surface area contributed by atoms with Gasteiger partial charge in [0, 0.05) is 26.2 Å². The lowest BCUT2D eigenvalue weighted by Crippen LogP contribution is -2.52. The summed E-state index contributed by atoms with van der Waals surface area (Å²) >= 11 is 0. The van der Waals surface area contributed by atoms with Crippen molar-refractivity contribution in [1.29, 1.82) is 0 Å². The maximum absolute atomic E-state index is 12.3. The van der Waals surface area contributed by atoms with Crippen molar-refractivity contribution in [3.05, 3.63) is 0 Å². The number of morpholine rings is 1. The van der Waals surface area contributed by atoms with Crippen LogP contribution in [0.4, 0.5) is 4.79 Å². The van der Waals surface area contributed by atoms with Crippen LogP contribution in [-0.4, -0.2) is 92.1 Å². The summed E-state index contributed by atoms with van der Waals surface area (Å²) < 4.78 is 11.5. The third kappa shape index (κ3) is 7.88. The molecular weight excluding hydrogens is 338 g/mol. The van der Waals surface area contributed by atoms with Crippen LogP contribution >= 0.6 is 0 Å². The maximum atomic E-state index is 12.3. The van der Waals surface area contributed by atoms with E-state index in [2.05, 4.69) is 5.32 Å². The number of nitrogens with one attached hydrogen (secondary N) is 1. The molecule has 0 aromatic carbocycles. The minimum atomic E-state index is -0.869. The second-order valence-corrected chi connectivity index (χ2v) is 7.25. The van der Waals surface area contributed by atoms with Gasteiger partial charge in [-0.15, -0.1) is 0 Å². The van der Waals surface area contributed by atoms with E-state index >= 15 is 0 Å². The molecule has 8 nitrogen and oxygen atoms in total. The van der Waals surface area contributed by atoms with Gasteiger partial charge < -0.3 is 24.8 Å². The Morgan fingerprint density at radius 3 is 2.69 bits per heavy atom. The first-order valence-corrected chi connectivity index (χ1v) is 9.71. The monoisotopic (exact) mass is 371 g/mol. The van der Waals surface area contributed by atoms with Crippen LogP contribution in [0.5, 0.6) is 0 Å². The van der Waals surface area contributed by atoms with Gasteiger partial charge in [-0.05, 0) is 19.9 Å². The highest BCUT2D eigenvalue weighted by Gasteiger charge is 2.25. The van der Waals surface area contributed by atoms with E-state index in [4.69, 9.17) is 14.6 Å². The largest absolute Gasteiger partial charge is 0.480 e. The van der Waals surface area contributed by atoms with E-state index in [0.29, 0.717) is 45.5 Å². The minimum Gasteiger partial charge on any atom is -0.480 e. The first-order valence-electron chi connectivity index (χ1n) is 9.71. The Balaban J connectivity index is 1.62. The summed E-state index contributed by atoms with van der Waals surface area (Å²) in [5, 5.41) is 11.7. The highest BCUT2D eigenvalue weighted by Crippen LogP contribution is 2.19. The zero-order valence-electron chi connectivity index (χ0n) is 15.8. The van der Waals surface area contributed by atoms with Gasteiger partial charge in [0.2, 0.25) is 0 Å². The van der Waals surface area contributed by atoms with Crippen LogP contribution < -0.4 is 5.32 Å². The average molecular weight is 371 g/mol. The summed E-state index contributed by atoms with van der Waals surface area (Å²) in [5.41, 5.74) is 0. The zero-order valence-corrected chi connectivity index (χ0v) is 15.8. The van der Waals surface area contributed by atoms with Gasteiger partial charge in [0.25, 0.3) is 0 Å². The van der Waals surface area contributed by atoms with Crippen LogP contribution in [0.25, 0.3) is 0 Å². The molecule has 1 saturated heterocycles. The lowest BCUT2D eigenvalue weighted by atomic mass is 10.1. The fraction of sp³-hybridized carbons (Fsp3) is 0.889. The molecule has 26 heavy (non-hydrogen) atoms. The number of aliphatic carboxylic acids is 1. The highest BCUT2D eigenvalue weighted by molar-refractivity contribution is 5.74. The fourth-order valence-corrected chi connectivity index (χ4v) is 3.56. The Morgan fingerprint density at radius 2 is 2.00 bits per heavy atom. The second kappa shape index (κ2) is 11.4. The molecule has 2 N–H and O–H groups in total. The number of rotatable bonds is 8. The molecule has 0 spiro atoms. The molecule has 0 bridgehead atoms. The molecule has 1 aliphatic heterocycles. The Hall–Kier alpha value is -1.38.